The summed E-state index contributed by atoms with van der Waals surface area (Å²) in [5, 5.41) is 3.56. The summed E-state index contributed by atoms with van der Waals surface area (Å²) in [6.45, 7) is 0. The highest BCUT2D eigenvalue weighted by Gasteiger charge is 2.19. The van der Waals surface area contributed by atoms with Crippen molar-refractivity contribution < 1.29 is 19.0 Å². The van der Waals surface area contributed by atoms with Gasteiger partial charge in [0.1, 0.15) is 5.02 Å². The van der Waals surface area contributed by atoms with Crippen molar-refractivity contribution in [2.45, 2.75) is 0 Å². The lowest BCUT2D eigenvalue weighted by molar-refractivity contribution is 0.0950. The van der Waals surface area contributed by atoms with E-state index in [1.165, 1.54) is 27.5 Å². The first-order valence-electron chi connectivity index (χ1n) is 7.28. The van der Waals surface area contributed by atoms with E-state index in [-0.39, 0.29) is 26.6 Å². The van der Waals surface area contributed by atoms with E-state index in [1.807, 2.05) is 0 Å². The average Bonchev–Trinajstić information content (AvgIpc) is 2.68. The smallest absolute Gasteiger partial charge is 0.291 e. The third-order valence-electron chi connectivity index (χ3n) is 3.39. The zero-order chi connectivity index (χ0) is 20.1. The number of pyridine rings is 1. The maximum atomic E-state index is 12.2. The lowest BCUT2D eigenvalue weighted by Gasteiger charge is -2.13. The normalized spacial score (nSPS) is 10.7. The van der Waals surface area contributed by atoms with Gasteiger partial charge in [-0.2, -0.15) is 5.10 Å². The molecular formula is C16H15Cl3N4O4. The monoisotopic (exact) mass is 432 g/mol. The predicted molar refractivity (Wildman–Crippen MR) is 105 cm³/mol. The predicted octanol–water partition coefficient (Wildman–Crippen LogP) is 3.41. The number of amides is 1. The number of ether oxygens (including phenoxy) is 3. The Kier molecular flexibility index (Phi) is 6.95. The summed E-state index contributed by atoms with van der Waals surface area (Å²) in [4.78, 5) is 16.1. The topological polar surface area (TPSA) is 108 Å². The van der Waals surface area contributed by atoms with Gasteiger partial charge >= 0.3 is 0 Å². The van der Waals surface area contributed by atoms with Crippen LogP contribution in [0, 0.1) is 0 Å². The van der Waals surface area contributed by atoms with Gasteiger partial charge in [-0.1, -0.05) is 34.8 Å². The van der Waals surface area contributed by atoms with Crippen LogP contribution < -0.4 is 25.4 Å². The van der Waals surface area contributed by atoms with Crippen molar-refractivity contribution in [3.8, 4) is 17.2 Å². The highest BCUT2D eigenvalue weighted by molar-refractivity contribution is 6.46. The fourth-order valence-corrected chi connectivity index (χ4v) is 2.72. The molecule has 1 heterocycles. The van der Waals surface area contributed by atoms with Crippen molar-refractivity contribution >= 4 is 52.6 Å². The van der Waals surface area contributed by atoms with Gasteiger partial charge in [0.05, 0.1) is 38.3 Å². The van der Waals surface area contributed by atoms with Crippen LogP contribution in [0.2, 0.25) is 15.2 Å². The standard InChI is InChI=1S/C16H15Cl3N4O4/c1-25-8-5-4-7(13(26-2)14(8)27-3)6-21-23-16(24)12-9(17)11(20)10(18)15(19)22-12/h4-6H,1-3H3,(H2,20,22)(H,23,24)/b21-6+. The molecule has 144 valence electrons. The third kappa shape index (κ3) is 4.29. The van der Waals surface area contributed by atoms with Crippen LogP contribution in [-0.2, 0) is 0 Å². The molecule has 3 N–H and O–H groups in total. The molecule has 0 aliphatic rings. The van der Waals surface area contributed by atoms with Crippen LogP contribution in [-0.4, -0.2) is 38.4 Å². The molecular weight excluding hydrogens is 419 g/mol. The van der Waals surface area contributed by atoms with Crippen LogP contribution in [0.4, 0.5) is 5.69 Å². The zero-order valence-corrected chi connectivity index (χ0v) is 16.7. The number of hydrogen-bond acceptors (Lipinski definition) is 7. The van der Waals surface area contributed by atoms with Gasteiger partial charge in [-0.05, 0) is 12.1 Å². The number of nitrogen functional groups attached to an aromatic ring is 1. The Morgan fingerprint density at radius 3 is 2.37 bits per heavy atom. The second kappa shape index (κ2) is 8.98. The van der Waals surface area contributed by atoms with Crippen LogP contribution in [0.5, 0.6) is 17.2 Å². The van der Waals surface area contributed by atoms with E-state index in [0.29, 0.717) is 22.8 Å². The summed E-state index contributed by atoms with van der Waals surface area (Å²) in [5.74, 6) is 0.529. The number of rotatable bonds is 6. The molecule has 2 rings (SSSR count). The van der Waals surface area contributed by atoms with Crippen molar-refractivity contribution in [1.29, 1.82) is 0 Å². The van der Waals surface area contributed by atoms with E-state index < -0.39 is 5.91 Å². The molecule has 0 saturated carbocycles. The number of aromatic nitrogens is 1. The quantitative estimate of drug-likeness (QED) is 0.410. The molecule has 27 heavy (non-hydrogen) atoms. The minimum Gasteiger partial charge on any atom is -0.493 e. The Labute approximate surface area is 170 Å². The minimum absolute atomic E-state index is 0.0308. The summed E-state index contributed by atoms with van der Waals surface area (Å²) in [7, 11) is 4.45. The molecule has 0 radical (unpaired) electrons. The summed E-state index contributed by atoms with van der Waals surface area (Å²) in [5.41, 5.74) is 8.24. The summed E-state index contributed by atoms with van der Waals surface area (Å²) in [6.07, 6.45) is 1.35. The number of carbonyl (C=O) groups excluding carboxylic acids is 1. The maximum Gasteiger partial charge on any atom is 0.291 e. The van der Waals surface area contributed by atoms with Gasteiger partial charge in [-0.15, -0.1) is 0 Å². The number of benzene rings is 1. The Hall–Kier alpha value is -2.42. The van der Waals surface area contributed by atoms with Gasteiger partial charge in [0.25, 0.3) is 5.91 Å². The molecule has 0 spiro atoms. The number of methoxy groups -OCH3 is 3. The van der Waals surface area contributed by atoms with E-state index >= 15 is 0 Å². The van der Waals surface area contributed by atoms with E-state index in [0.717, 1.165) is 0 Å². The largest absolute Gasteiger partial charge is 0.493 e. The Bertz CT molecular complexity index is 906. The van der Waals surface area contributed by atoms with Crippen molar-refractivity contribution in [2.24, 2.45) is 5.10 Å². The van der Waals surface area contributed by atoms with Gasteiger partial charge in [-0.25, -0.2) is 10.4 Å². The fraction of sp³-hybridized carbons (Fsp3) is 0.188. The van der Waals surface area contributed by atoms with E-state index in [1.54, 1.807) is 12.1 Å². The minimum atomic E-state index is -0.721. The Morgan fingerprint density at radius 2 is 1.78 bits per heavy atom. The number of nitrogens with one attached hydrogen (secondary N) is 1. The number of hydrogen-bond donors (Lipinski definition) is 2. The zero-order valence-electron chi connectivity index (χ0n) is 14.5. The average molecular weight is 434 g/mol. The van der Waals surface area contributed by atoms with Gasteiger partial charge < -0.3 is 19.9 Å². The second-order valence-electron chi connectivity index (χ2n) is 4.92. The molecule has 1 aromatic carbocycles. The molecule has 0 bridgehead atoms. The number of nitrogens with zero attached hydrogens (tertiary/aromatic N) is 2. The molecule has 0 atom stereocenters. The summed E-state index contributed by atoms with van der Waals surface area (Å²) < 4.78 is 15.8. The van der Waals surface area contributed by atoms with Crippen molar-refractivity contribution in [3.05, 3.63) is 38.6 Å². The van der Waals surface area contributed by atoms with Gasteiger partial charge in [-0.3, -0.25) is 4.79 Å². The van der Waals surface area contributed by atoms with Crippen LogP contribution >= 0.6 is 34.8 Å². The van der Waals surface area contributed by atoms with Crippen molar-refractivity contribution in [1.82, 2.24) is 10.4 Å². The number of anilines is 1. The molecule has 2 aromatic rings. The highest BCUT2D eigenvalue weighted by atomic mass is 35.5. The molecule has 1 amide bonds. The van der Waals surface area contributed by atoms with Crippen LogP contribution in [0.1, 0.15) is 16.1 Å². The second-order valence-corrected chi connectivity index (χ2v) is 6.03. The van der Waals surface area contributed by atoms with Crippen molar-refractivity contribution in [3.63, 3.8) is 0 Å². The van der Waals surface area contributed by atoms with Crippen LogP contribution in [0.3, 0.4) is 0 Å². The molecule has 0 fully saturated rings. The highest BCUT2D eigenvalue weighted by Crippen LogP contribution is 2.39. The maximum absolute atomic E-state index is 12.2. The van der Waals surface area contributed by atoms with E-state index in [9.17, 15) is 4.79 Å². The first-order chi connectivity index (χ1) is 12.8. The molecule has 0 saturated heterocycles. The molecule has 8 nitrogen and oxygen atoms in total. The summed E-state index contributed by atoms with van der Waals surface area (Å²) in [6, 6.07) is 3.35. The first-order valence-corrected chi connectivity index (χ1v) is 8.41. The number of nitrogens with two attached hydrogens (primary N) is 1. The van der Waals surface area contributed by atoms with E-state index in [4.69, 9.17) is 54.7 Å². The SMILES string of the molecule is COc1ccc(/C=N/NC(=O)c2nc(Cl)c(Cl)c(N)c2Cl)c(OC)c1OC. The third-order valence-corrected chi connectivity index (χ3v) is 4.53. The number of hydrazone groups is 1. The lowest BCUT2D eigenvalue weighted by Crippen LogP contribution is -2.20. The molecule has 0 aliphatic heterocycles. The van der Waals surface area contributed by atoms with Gasteiger partial charge in [0.15, 0.2) is 22.3 Å². The lowest BCUT2D eigenvalue weighted by atomic mass is 10.2. The fourth-order valence-electron chi connectivity index (χ4n) is 2.12. The Morgan fingerprint density at radius 1 is 1.11 bits per heavy atom. The molecule has 1 aromatic heterocycles. The van der Waals surface area contributed by atoms with Crippen LogP contribution in [0.25, 0.3) is 0 Å². The number of carbonyl (C=O) groups is 1. The number of halogens is 3. The molecule has 0 unspecified atom stereocenters. The van der Waals surface area contributed by atoms with Crippen LogP contribution in [0.15, 0.2) is 17.2 Å². The van der Waals surface area contributed by atoms with Gasteiger partial charge in [0.2, 0.25) is 5.75 Å². The first kappa shape index (κ1) is 20.9. The molecule has 11 heteroatoms. The van der Waals surface area contributed by atoms with E-state index in [2.05, 4.69) is 15.5 Å². The molecule has 0 aliphatic carbocycles. The van der Waals surface area contributed by atoms with Gasteiger partial charge in [0, 0.05) is 5.56 Å². The summed E-state index contributed by atoms with van der Waals surface area (Å²) >= 11 is 17.6. The Balaban J connectivity index is 2.27. The van der Waals surface area contributed by atoms with Crippen molar-refractivity contribution in [2.75, 3.05) is 27.1 Å².